The van der Waals surface area contributed by atoms with Gasteiger partial charge in [-0.05, 0) is 6.92 Å². The first kappa shape index (κ1) is 50.1. The lowest BCUT2D eigenvalue weighted by Crippen LogP contribution is -2.66. The van der Waals surface area contributed by atoms with Crippen molar-refractivity contribution in [1.82, 2.24) is 13.9 Å². The second-order valence-electron chi connectivity index (χ2n) is 10.3. The van der Waals surface area contributed by atoms with Crippen molar-refractivity contribution in [3.05, 3.63) is 12.7 Å². The van der Waals surface area contributed by atoms with Gasteiger partial charge in [-0.15, -0.1) is 0 Å². The number of ether oxygens (including phenoxy) is 3. The second-order valence-corrected chi connectivity index (χ2v) is 14.4. The van der Waals surface area contributed by atoms with Gasteiger partial charge in [-0.3, -0.25) is 0 Å². The quantitative estimate of drug-likeness (QED) is 0.0820. The normalized spacial score (nSPS) is 16.3. The van der Waals surface area contributed by atoms with Crippen LogP contribution in [0.4, 0.5) is 79.4 Å². The lowest BCUT2D eigenvalue weighted by atomic mass is 9.99. The van der Waals surface area contributed by atoms with Gasteiger partial charge in [0.2, 0.25) is 0 Å². The number of hydrogen-bond donors (Lipinski definition) is 1. The van der Waals surface area contributed by atoms with Crippen LogP contribution in [0.5, 0.6) is 0 Å². The van der Waals surface area contributed by atoms with Crippen molar-refractivity contribution in [2.75, 3.05) is 53.6 Å². The molecular weight excluding hydrogens is 837 g/mol. The van der Waals surface area contributed by atoms with Crippen LogP contribution in [-0.4, -0.2) is 143 Å². The van der Waals surface area contributed by atoms with E-state index in [1.807, 2.05) is 5.32 Å². The minimum absolute atomic E-state index is 0.219. The maximum atomic E-state index is 14.5. The number of alkyl halides is 17. The first-order valence-corrected chi connectivity index (χ1v) is 16.1. The SMILES string of the molecule is C=CC(=O)OCCNC(=O)OCCOC(CN(C)S(=O)(=O)C(F)(F)C(F)(F)C(C)(F)C(F)(F)F)CN(C)S(=O)(=O)C(F)(F)C(F)(F)C(F)(F)C(F)(F)F. The number of alkyl carbamates (subject to hydrolysis) is 1. The Hall–Kier alpha value is -2.93. The van der Waals surface area contributed by atoms with Crippen molar-refractivity contribution < 1.29 is 115 Å². The van der Waals surface area contributed by atoms with E-state index in [1.54, 1.807) is 0 Å². The van der Waals surface area contributed by atoms with Gasteiger partial charge >= 0.3 is 52.7 Å². The van der Waals surface area contributed by atoms with Gasteiger partial charge in [0.1, 0.15) is 13.2 Å². The summed E-state index contributed by atoms with van der Waals surface area (Å²) in [7, 11) is -15.4. The Morgan fingerprint density at radius 3 is 1.45 bits per heavy atom. The topological polar surface area (TPSA) is 149 Å². The van der Waals surface area contributed by atoms with Crippen molar-refractivity contribution in [2.24, 2.45) is 0 Å². The predicted octanol–water partition coefficient (Wildman–Crippen LogP) is 4.29. The lowest BCUT2D eigenvalue weighted by Gasteiger charge is -2.38. The molecular formula is C22H26F17N3O9S2. The van der Waals surface area contributed by atoms with Crippen LogP contribution in [-0.2, 0) is 39.1 Å². The summed E-state index contributed by atoms with van der Waals surface area (Å²) >= 11 is 0. The number of nitrogens with zero attached hydrogens (tertiary/aromatic N) is 2. The molecule has 0 aromatic carbocycles. The van der Waals surface area contributed by atoms with Crippen molar-refractivity contribution in [3.63, 3.8) is 0 Å². The predicted molar refractivity (Wildman–Crippen MR) is 140 cm³/mol. The molecule has 0 aromatic heterocycles. The Kier molecular flexibility index (Phi) is 15.5. The van der Waals surface area contributed by atoms with Crippen LogP contribution in [0.1, 0.15) is 6.92 Å². The number of amides is 1. The molecule has 0 aromatic rings. The third-order valence-corrected chi connectivity index (χ3v) is 10.2. The van der Waals surface area contributed by atoms with Gasteiger partial charge in [-0.2, -0.15) is 78.9 Å². The summed E-state index contributed by atoms with van der Waals surface area (Å²) in [5, 5.41) is -12.6. The molecule has 0 aliphatic carbocycles. The van der Waals surface area contributed by atoms with Gasteiger partial charge < -0.3 is 19.5 Å². The molecule has 0 rings (SSSR count). The van der Waals surface area contributed by atoms with Crippen LogP contribution < -0.4 is 5.32 Å². The fourth-order valence-electron chi connectivity index (χ4n) is 3.22. The van der Waals surface area contributed by atoms with E-state index in [4.69, 9.17) is 4.74 Å². The molecule has 0 aliphatic rings. The fourth-order valence-corrected chi connectivity index (χ4v) is 5.70. The molecule has 0 saturated heterocycles. The maximum Gasteiger partial charge on any atom is 0.460 e. The van der Waals surface area contributed by atoms with Crippen LogP contribution in [0.3, 0.4) is 0 Å². The minimum atomic E-state index is -7.82. The number of sulfonamides is 2. The molecule has 0 heterocycles. The molecule has 0 spiro atoms. The molecule has 0 saturated carbocycles. The summed E-state index contributed by atoms with van der Waals surface area (Å²) in [6.45, 7) is -5.84. The Morgan fingerprint density at radius 1 is 0.660 bits per heavy atom. The van der Waals surface area contributed by atoms with Crippen LogP contribution >= 0.6 is 0 Å². The average Bonchev–Trinajstić information content (AvgIpc) is 2.99. The average molecular weight is 864 g/mol. The monoisotopic (exact) mass is 863 g/mol. The maximum absolute atomic E-state index is 14.5. The first-order chi connectivity index (χ1) is 23.3. The van der Waals surface area contributed by atoms with Gasteiger partial charge in [-0.25, -0.2) is 30.8 Å². The van der Waals surface area contributed by atoms with E-state index >= 15 is 0 Å². The highest BCUT2D eigenvalue weighted by atomic mass is 32.2. The van der Waals surface area contributed by atoms with Gasteiger partial charge in [0.05, 0.1) is 19.3 Å². The van der Waals surface area contributed by atoms with E-state index in [1.165, 1.54) is 0 Å². The number of carbonyl (C=O) groups excluding carboxylic acids is 2. The third kappa shape index (κ3) is 9.85. The fraction of sp³-hybridized carbons (Fsp3) is 0.818. The number of halogens is 17. The second kappa shape index (κ2) is 16.4. The molecule has 31 heteroatoms. The standard InChI is InChI=1S/C22H26F17N3O9S2/c1-5-13(43)50-7-6-40-14(44)51-9-8-49-12(10-41(3)52(45,46)21(36,37)16(24,25)15(2,23)19(30,31)32)11-42(4)53(47,48)22(38,39)18(28,29)17(26,27)20(33,34)35/h5,12H,1,6-11H2,2-4H3,(H,40,44). The van der Waals surface area contributed by atoms with E-state index in [-0.39, 0.29) is 14.1 Å². The smallest absolute Gasteiger partial charge is 0.460 e. The zero-order valence-electron chi connectivity index (χ0n) is 26.4. The number of hydrogen-bond acceptors (Lipinski definition) is 9. The lowest BCUT2D eigenvalue weighted by molar-refractivity contribution is -0.382. The van der Waals surface area contributed by atoms with Crippen molar-refractivity contribution in [1.29, 1.82) is 0 Å². The summed E-state index contributed by atoms with van der Waals surface area (Å²) in [6, 6.07) is 0. The van der Waals surface area contributed by atoms with Crippen LogP contribution in [0, 0.1) is 0 Å². The third-order valence-electron chi connectivity index (χ3n) is 6.45. The number of rotatable bonds is 20. The Bertz CT molecular complexity index is 1430. The molecule has 53 heavy (non-hydrogen) atoms. The molecule has 1 N–H and O–H groups in total. The Morgan fingerprint density at radius 2 is 1.08 bits per heavy atom. The highest BCUT2D eigenvalue weighted by molar-refractivity contribution is 7.90. The number of esters is 1. The van der Waals surface area contributed by atoms with Crippen LogP contribution in [0.2, 0.25) is 0 Å². The molecule has 0 fully saturated rings. The first-order valence-electron chi connectivity index (χ1n) is 13.2. The summed E-state index contributed by atoms with van der Waals surface area (Å²) in [5.74, 6) is -23.7. The highest BCUT2D eigenvalue weighted by Crippen LogP contribution is 2.56. The number of nitrogens with one attached hydrogen (secondary N) is 1. The van der Waals surface area contributed by atoms with E-state index < -0.39 is 140 Å². The molecule has 0 bridgehead atoms. The largest absolute Gasteiger partial charge is 0.461 e. The molecule has 12 nitrogen and oxygen atoms in total. The Labute approximate surface area is 287 Å². The molecule has 0 aliphatic heterocycles. The molecule has 0 radical (unpaired) electrons. The van der Waals surface area contributed by atoms with E-state index in [0.29, 0.717) is 0 Å². The van der Waals surface area contributed by atoms with Gasteiger partial charge in [-0.1, -0.05) is 6.58 Å². The van der Waals surface area contributed by atoms with Crippen LogP contribution in [0.15, 0.2) is 12.7 Å². The highest BCUT2D eigenvalue weighted by Gasteiger charge is 2.86. The molecule has 1 amide bonds. The van der Waals surface area contributed by atoms with E-state index in [2.05, 4.69) is 16.1 Å². The van der Waals surface area contributed by atoms with Gasteiger partial charge in [0.25, 0.3) is 25.7 Å². The summed E-state index contributed by atoms with van der Waals surface area (Å²) in [4.78, 5) is 22.5. The van der Waals surface area contributed by atoms with Crippen molar-refractivity contribution in [3.8, 4) is 0 Å². The molecule has 2 atom stereocenters. The van der Waals surface area contributed by atoms with Gasteiger partial charge in [0, 0.05) is 33.3 Å². The molecule has 314 valence electrons. The van der Waals surface area contributed by atoms with Gasteiger partial charge in [0.15, 0.2) is 0 Å². The number of likely N-dealkylation sites (N-methyl/N-ethyl adjacent to an activating group) is 2. The summed E-state index contributed by atoms with van der Waals surface area (Å²) in [5.41, 5.74) is -6.30. The summed E-state index contributed by atoms with van der Waals surface area (Å²) < 4.78 is 291. The zero-order valence-corrected chi connectivity index (χ0v) is 28.0. The zero-order chi connectivity index (χ0) is 42.7. The Balaban J connectivity index is 6.57. The number of carbonyl (C=O) groups is 2. The molecule has 2 unspecified atom stereocenters. The van der Waals surface area contributed by atoms with Crippen LogP contribution in [0.25, 0.3) is 0 Å². The van der Waals surface area contributed by atoms with E-state index in [9.17, 15) is 101 Å². The summed E-state index contributed by atoms with van der Waals surface area (Å²) in [6.07, 6.45) is -17.9. The van der Waals surface area contributed by atoms with E-state index in [0.717, 1.165) is 6.08 Å². The minimum Gasteiger partial charge on any atom is -0.461 e. The van der Waals surface area contributed by atoms with Crippen molar-refractivity contribution in [2.45, 2.75) is 59.3 Å². The van der Waals surface area contributed by atoms with Crippen molar-refractivity contribution >= 4 is 32.1 Å².